The summed E-state index contributed by atoms with van der Waals surface area (Å²) < 4.78 is 0. The Bertz CT molecular complexity index is 471. The van der Waals surface area contributed by atoms with Crippen LogP contribution in [0.5, 0.6) is 0 Å². The van der Waals surface area contributed by atoms with Crippen molar-refractivity contribution < 1.29 is 0 Å². The van der Waals surface area contributed by atoms with Crippen LogP contribution in [0.3, 0.4) is 0 Å². The fraction of sp³-hybridized carbons (Fsp3) is 0.647. The fourth-order valence-electron chi connectivity index (χ4n) is 2.99. The summed E-state index contributed by atoms with van der Waals surface area (Å²) in [6, 6.07) is 6.35. The predicted octanol–water partition coefficient (Wildman–Crippen LogP) is 3.15. The second kappa shape index (κ2) is 6.55. The van der Waals surface area contributed by atoms with Gasteiger partial charge in [-0.15, -0.1) is 0 Å². The number of rotatable bonds is 3. The predicted molar refractivity (Wildman–Crippen MR) is 92.3 cm³/mol. The van der Waals surface area contributed by atoms with Crippen LogP contribution in [0.2, 0.25) is 5.02 Å². The highest BCUT2D eigenvalue weighted by Crippen LogP contribution is 2.27. The molecule has 3 nitrogen and oxygen atoms in total. The minimum atomic E-state index is 0.151. The van der Waals surface area contributed by atoms with E-state index in [2.05, 4.69) is 42.7 Å². The van der Waals surface area contributed by atoms with E-state index in [1.165, 1.54) is 11.3 Å². The maximum Gasteiger partial charge on any atom is 0.0410 e. The second-order valence-electron chi connectivity index (χ2n) is 7.10. The van der Waals surface area contributed by atoms with Crippen LogP contribution in [0.1, 0.15) is 33.3 Å². The molecule has 4 heteroatoms. The Hall–Kier alpha value is -0.770. The lowest BCUT2D eigenvalue weighted by Crippen LogP contribution is -2.53. The number of piperazine rings is 1. The van der Waals surface area contributed by atoms with Crippen LogP contribution in [-0.2, 0) is 6.42 Å². The van der Waals surface area contributed by atoms with Gasteiger partial charge in [0.25, 0.3) is 0 Å². The normalized spacial score (nSPS) is 18.9. The summed E-state index contributed by atoms with van der Waals surface area (Å²) in [5, 5.41) is 0.794. The van der Waals surface area contributed by atoms with E-state index in [9.17, 15) is 0 Å². The molecule has 0 amide bonds. The van der Waals surface area contributed by atoms with Gasteiger partial charge in [-0.25, -0.2) is 0 Å². The molecule has 1 unspecified atom stereocenters. The van der Waals surface area contributed by atoms with Crippen LogP contribution >= 0.6 is 11.6 Å². The van der Waals surface area contributed by atoms with Crippen molar-refractivity contribution in [3.63, 3.8) is 0 Å². The van der Waals surface area contributed by atoms with E-state index in [1.54, 1.807) is 0 Å². The Labute approximate surface area is 134 Å². The van der Waals surface area contributed by atoms with Gasteiger partial charge in [0.1, 0.15) is 0 Å². The zero-order chi connectivity index (χ0) is 15.6. The van der Waals surface area contributed by atoms with Gasteiger partial charge in [0.2, 0.25) is 0 Å². The molecule has 1 saturated heterocycles. The number of halogens is 1. The highest BCUT2D eigenvalue weighted by Gasteiger charge is 2.26. The topological polar surface area (TPSA) is 32.5 Å². The first kappa shape index (κ1) is 16.6. The van der Waals surface area contributed by atoms with Gasteiger partial charge in [0.05, 0.1) is 0 Å². The third kappa shape index (κ3) is 4.35. The van der Waals surface area contributed by atoms with Gasteiger partial charge in [-0.1, -0.05) is 11.6 Å². The second-order valence-corrected chi connectivity index (χ2v) is 7.54. The molecule has 0 aliphatic carbocycles. The maximum absolute atomic E-state index is 6.15. The van der Waals surface area contributed by atoms with E-state index in [4.69, 9.17) is 17.3 Å². The third-order valence-electron chi connectivity index (χ3n) is 4.15. The van der Waals surface area contributed by atoms with Gasteiger partial charge in [-0.05, 0) is 57.9 Å². The summed E-state index contributed by atoms with van der Waals surface area (Å²) >= 11 is 6.15. The number of nitrogens with two attached hydrogens (primary N) is 1. The van der Waals surface area contributed by atoms with E-state index >= 15 is 0 Å². The van der Waals surface area contributed by atoms with Crippen molar-refractivity contribution in [3.8, 4) is 0 Å². The lowest BCUT2D eigenvalue weighted by Gasteiger charge is -2.43. The van der Waals surface area contributed by atoms with Gasteiger partial charge >= 0.3 is 0 Å². The molecule has 1 aromatic carbocycles. The highest BCUT2D eigenvalue weighted by molar-refractivity contribution is 6.30. The lowest BCUT2D eigenvalue weighted by molar-refractivity contribution is 0.128. The number of benzene rings is 1. The average molecular weight is 310 g/mol. The van der Waals surface area contributed by atoms with Gasteiger partial charge in [0, 0.05) is 48.5 Å². The maximum atomic E-state index is 6.15. The van der Waals surface area contributed by atoms with Crippen LogP contribution in [-0.4, -0.2) is 42.7 Å². The van der Waals surface area contributed by atoms with E-state index < -0.39 is 0 Å². The third-order valence-corrected chi connectivity index (χ3v) is 4.39. The summed E-state index contributed by atoms with van der Waals surface area (Å²) in [6.45, 7) is 13.2. The highest BCUT2D eigenvalue weighted by atomic mass is 35.5. The first-order valence-corrected chi connectivity index (χ1v) is 8.19. The number of anilines is 1. The minimum absolute atomic E-state index is 0.151. The smallest absolute Gasteiger partial charge is 0.0410 e. The minimum Gasteiger partial charge on any atom is -0.369 e. The molecule has 0 aromatic heterocycles. The summed E-state index contributed by atoms with van der Waals surface area (Å²) in [7, 11) is 0. The summed E-state index contributed by atoms with van der Waals surface area (Å²) in [5.74, 6) is 0. The lowest BCUT2D eigenvalue weighted by atomic mass is 10.0. The number of nitrogens with zero attached hydrogens (tertiary/aromatic N) is 2. The van der Waals surface area contributed by atoms with E-state index in [0.29, 0.717) is 0 Å². The first-order valence-electron chi connectivity index (χ1n) is 7.81. The summed E-state index contributed by atoms with van der Waals surface area (Å²) in [5.41, 5.74) is 8.79. The van der Waals surface area contributed by atoms with Crippen molar-refractivity contribution in [2.75, 3.05) is 31.1 Å². The van der Waals surface area contributed by atoms with Gasteiger partial charge in [-0.3, -0.25) is 4.90 Å². The monoisotopic (exact) mass is 309 g/mol. The van der Waals surface area contributed by atoms with Crippen molar-refractivity contribution in [2.45, 2.75) is 45.7 Å². The molecule has 1 aliphatic rings. The Morgan fingerprint density at radius 1 is 1.19 bits per heavy atom. The summed E-state index contributed by atoms with van der Waals surface area (Å²) in [6.07, 6.45) is 0.870. The number of hydrogen-bond donors (Lipinski definition) is 1. The average Bonchev–Trinajstić information content (AvgIpc) is 2.37. The number of hydrogen-bond acceptors (Lipinski definition) is 3. The quantitative estimate of drug-likeness (QED) is 0.931. The van der Waals surface area contributed by atoms with Crippen molar-refractivity contribution >= 4 is 17.3 Å². The SMILES string of the molecule is CC(N)Cc1cc(Cl)ccc1N1CCN(C(C)(C)C)CC1. The summed E-state index contributed by atoms with van der Waals surface area (Å²) in [4.78, 5) is 5.01. The molecule has 21 heavy (non-hydrogen) atoms. The van der Waals surface area contributed by atoms with E-state index in [0.717, 1.165) is 37.6 Å². The Kier molecular flexibility index (Phi) is 5.18. The van der Waals surface area contributed by atoms with Crippen molar-refractivity contribution in [2.24, 2.45) is 5.73 Å². The zero-order valence-corrected chi connectivity index (χ0v) is 14.5. The van der Waals surface area contributed by atoms with Crippen LogP contribution < -0.4 is 10.6 Å². The molecule has 1 aliphatic heterocycles. The van der Waals surface area contributed by atoms with Gasteiger partial charge < -0.3 is 10.6 Å². The van der Waals surface area contributed by atoms with Gasteiger partial charge in [-0.2, -0.15) is 0 Å². The molecule has 1 atom stereocenters. The molecule has 1 fully saturated rings. The van der Waals surface area contributed by atoms with Crippen LogP contribution in [0.25, 0.3) is 0 Å². The molecule has 118 valence electrons. The molecule has 2 N–H and O–H groups in total. The fourth-order valence-corrected chi connectivity index (χ4v) is 3.19. The van der Waals surface area contributed by atoms with E-state index in [1.807, 2.05) is 13.0 Å². The molecule has 1 heterocycles. The largest absolute Gasteiger partial charge is 0.369 e. The molecule has 0 radical (unpaired) electrons. The van der Waals surface area contributed by atoms with Crippen LogP contribution in [0, 0.1) is 0 Å². The van der Waals surface area contributed by atoms with Gasteiger partial charge in [0.15, 0.2) is 0 Å². The Morgan fingerprint density at radius 2 is 1.81 bits per heavy atom. The van der Waals surface area contributed by atoms with Crippen LogP contribution in [0.15, 0.2) is 18.2 Å². The molecule has 0 bridgehead atoms. The molecule has 2 rings (SSSR count). The Morgan fingerprint density at radius 3 is 2.33 bits per heavy atom. The Balaban J connectivity index is 2.13. The van der Waals surface area contributed by atoms with Crippen molar-refractivity contribution in [1.82, 2.24) is 4.90 Å². The van der Waals surface area contributed by atoms with Crippen molar-refractivity contribution in [1.29, 1.82) is 0 Å². The molecule has 0 spiro atoms. The first-order chi connectivity index (χ1) is 9.77. The molecular formula is C17H28ClN3. The molecule has 1 aromatic rings. The standard InChI is InChI=1S/C17H28ClN3/c1-13(19)11-14-12-15(18)5-6-16(14)20-7-9-21(10-8-20)17(2,3)4/h5-6,12-13H,7-11,19H2,1-4H3. The van der Waals surface area contributed by atoms with Crippen molar-refractivity contribution in [3.05, 3.63) is 28.8 Å². The zero-order valence-electron chi connectivity index (χ0n) is 13.7. The van der Waals surface area contributed by atoms with Crippen LogP contribution in [0.4, 0.5) is 5.69 Å². The molecular weight excluding hydrogens is 282 g/mol. The van der Waals surface area contributed by atoms with E-state index in [-0.39, 0.29) is 11.6 Å². The molecule has 0 saturated carbocycles.